The molecule has 0 heterocycles. The molecule has 3 aromatic carbocycles. The molecule has 0 aliphatic heterocycles. The van der Waals surface area contributed by atoms with Crippen LogP contribution in [0, 0.1) is 6.92 Å². The average molecular weight is 470 g/mol. The Bertz CT molecular complexity index is 1290. The van der Waals surface area contributed by atoms with Crippen molar-refractivity contribution < 1.29 is 28.5 Å². The second-order valence-electron chi connectivity index (χ2n) is 7.34. The van der Waals surface area contributed by atoms with Gasteiger partial charge in [-0.15, -0.1) is 0 Å². The minimum absolute atomic E-state index is 0.0961. The largest absolute Gasteiger partial charge is 0.504 e. The molecule has 0 unspecified atom stereocenters. The van der Waals surface area contributed by atoms with Crippen LogP contribution >= 0.6 is 0 Å². The molecule has 10 heteroatoms. The van der Waals surface area contributed by atoms with Crippen molar-refractivity contribution in [2.45, 2.75) is 18.4 Å². The number of rotatable bonds is 7. The molecule has 0 spiro atoms. The number of aromatic hydroxyl groups is 3. The quantitative estimate of drug-likeness (QED) is 0.238. The van der Waals surface area contributed by atoms with Gasteiger partial charge in [0.2, 0.25) is 15.8 Å². The van der Waals surface area contributed by atoms with E-state index in [9.17, 15) is 28.5 Å². The number of hydrazone groups is 1. The molecule has 0 aliphatic rings. The molecule has 0 aromatic heterocycles. The average Bonchev–Trinajstić information content (AvgIpc) is 2.79. The van der Waals surface area contributed by atoms with E-state index in [0.29, 0.717) is 5.56 Å². The number of carbonyl (C=O) groups excluding carboxylic acids is 1. The maximum Gasteiger partial charge on any atom is 0.271 e. The van der Waals surface area contributed by atoms with Crippen LogP contribution in [0.15, 0.2) is 70.7 Å². The number of carbonyl (C=O) groups is 1. The first-order chi connectivity index (χ1) is 15.6. The molecule has 3 aromatic rings. The van der Waals surface area contributed by atoms with Crippen molar-refractivity contribution in [3.05, 3.63) is 82.9 Å². The zero-order valence-corrected chi connectivity index (χ0v) is 18.7. The Morgan fingerprint density at radius 3 is 2.24 bits per heavy atom. The lowest BCUT2D eigenvalue weighted by molar-refractivity contribution is 0.0955. The molecule has 0 saturated carbocycles. The van der Waals surface area contributed by atoms with Gasteiger partial charge in [0, 0.05) is 24.7 Å². The molecule has 9 nitrogen and oxygen atoms in total. The molecular weight excluding hydrogens is 446 g/mol. The number of benzene rings is 3. The summed E-state index contributed by atoms with van der Waals surface area (Å²) in [5.41, 5.74) is 4.33. The molecule has 33 heavy (non-hydrogen) atoms. The SMILES string of the molecule is Cc1ccc(S(=O)(=O)N(C)Cc2ccc(C(=O)NN=Cc3ccc(O)c(O)c3O)cc2)cc1. The zero-order chi connectivity index (χ0) is 24.2. The van der Waals surface area contributed by atoms with E-state index in [-0.39, 0.29) is 22.6 Å². The number of hydrogen-bond acceptors (Lipinski definition) is 7. The Kier molecular flexibility index (Phi) is 7.00. The fraction of sp³-hybridized carbons (Fsp3) is 0.130. The fourth-order valence-corrected chi connectivity index (χ4v) is 4.07. The summed E-state index contributed by atoms with van der Waals surface area (Å²) in [6.45, 7) is 2.01. The zero-order valence-electron chi connectivity index (χ0n) is 17.9. The smallest absolute Gasteiger partial charge is 0.271 e. The van der Waals surface area contributed by atoms with Crippen molar-refractivity contribution >= 4 is 22.1 Å². The summed E-state index contributed by atoms with van der Waals surface area (Å²) >= 11 is 0. The lowest BCUT2D eigenvalue weighted by Gasteiger charge is -2.17. The Morgan fingerprint density at radius 1 is 0.970 bits per heavy atom. The molecule has 0 aliphatic carbocycles. The molecule has 0 fully saturated rings. The van der Waals surface area contributed by atoms with E-state index < -0.39 is 33.2 Å². The van der Waals surface area contributed by atoms with Crippen molar-refractivity contribution in [2.24, 2.45) is 5.10 Å². The normalized spacial score (nSPS) is 11.7. The summed E-state index contributed by atoms with van der Waals surface area (Å²) in [4.78, 5) is 12.5. The number of amides is 1. The van der Waals surface area contributed by atoms with Crippen LogP contribution in [0.1, 0.15) is 27.0 Å². The van der Waals surface area contributed by atoms with E-state index in [1.165, 1.54) is 35.6 Å². The van der Waals surface area contributed by atoms with Gasteiger partial charge in [-0.2, -0.15) is 9.41 Å². The van der Waals surface area contributed by atoms with E-state index in [1.54, 1.807) is 36.4 Å². The summed E-state index contributed by atoms with van der Waals surface area (Å²) in [6.07, 6.45) is 1.12. The molecule has 0 bridgehead atoms. The van der Waals surface area contributed by atoms with Crippen LogP contribution < -0.4 is 5.43 Å². The molecular formula is C23H23N3O6S. The van der Waals surface area contributed by atoms with Gasteiger partial charge in [0.05, 0.1) is 11.1 Å². The van der Waals surface area contributed by atoms with Gasteiger partial charge in [0.15, 0.2) is 11.5 Å². The highest BCUT2D eigenvalue weighted by molar-refractivity contribution is 7.89. The van der Waals surface area contributed by atoms with Crippen LogP contribution in [0.2, 0.25) is 0 Å². The number of sulfonamides is 1. The second-order valence-corrected chi connectivity index (χ2v) is 9.39. The number of nitrogens with one attached hydrogen (secondary N) is 1. The van der Waals surface area contributed by atoms with Gasteiger partial charge in [0.25, 0.3) is 5.91 Å². The van der Waals surface area contributed by atoms with Gasteiger partial charge in [-0.25, -0.2) is 13.8 Å². The Balaban J connectivity index is 1.63. The van der Waals surface area contributed by atoms with Crippen LogP contribution in [-0.4, -0.2) is 47.2 Å². The molecule has 1 amide bonds. The molecule has 0 saturated heterocycles. The number of nitrogens with zero attached hydrogens (tertiary/aromatic N) is 2. The van der Waals surface area contributed by atoms with Crippen molar-refractivity contribution in [2.75, 3.05) is 7.05 Å². The molecule has 3 rings (SSSR count). The van der Waals surface area contributed by atoms with Crippen molar-refractivity contribution in [3.8, 4) is 17.2 Å². The van der Waals surface area contributed by atoms with Gasteiger partial charge in [0.1, 0.15) is 0 Å². The molecule has 4 N–H and O–H groups in total. The first-order valence-electron chi connectivity index (χ1n) is 9.79. The molecule has 172 valence electrons. The van der Waals surface area contributed by atoms with Gasteiger partial charge in [-0.3, -0.25) is 4.79 Å². The van der Waals surface area contributed by atoms with Gasteiger partial charge >= 0.3 is 0 Å². The van der Waals surface area contributed by atoms with E-state index in [1.807, 2.05) is 6.92 Å². The first-order valence-corrected chi connectivity index (χ1v) is 11.2. The summed E-state index contributed by atoms with van der Waals surface area (Å²) in [6, 6.07) is 15.5. The van der Waals surface area contributed by atoms with Crippen LogP contribution in [0.4, 0.5) is 0 Å². The minimum atomic E-state index is -3.65. The fourth-order valence-electron chi connectivity index (χ4n) is 2.91. The summed E-state index contributed by atoms with van der Waals surface area (Å²) in [5.74, 6) is -2.26. The van der Waals surface area contributed by atoms with E-state index in [0.717, 1.165) is 11.8 Å². The predicted molar refractivity (Wildman–Crippen MR) is 123 cm³/mol. The van der Waals surface area contributed by atoms with E-state index in [4.69, 9.17) is 0 Å². The number of phenolic OH excluding ortho intramolecular Hbond substituents is 3. The van der Waals surface area contributed by atoms with Crippen LogP contribution in [0.3, 0.4) is 0 Å². The summed E-state index contributed by atoms with van der Waals surface area (Å²) < 4.78 is 26.7. The highest BCUT2D eigenvalue weighted by Gasteiger charge is 2.20. The van der Waals surface area contributed by atoms with Crippen LogP contribution in [0.5, 0.6) is 17.2 Å². The third-order valence-electron chi connectivity index (χ3n) is 4.88. The highest BCUT2D eigenvalue weighted by atomic mass is 32.2. The first kappa shape index (κ1) is 23.8. The van der Waals surface area contributed by atoms with Crippen molar-refractivity contribution in [1.82, 2.24) is 9.73 Å². The topological polar surface area (TPSA) is 140 Å². The number of hydrogen-bond donors (Lipinski definition) is 4. The standard InChI is InChI=1S/C23H23N3O6S/c1-15-3-10-19(11-4-15)33(31,32)26(2)14-16-5-7-17(8-6-16)23(30)25-24-13-18-9-12-20(27)22(29)21(18)28/h3-13,27-29H,14H2,1-2H3,(H,25,30). The third kappa shape index (κ3) is 5.48. The Morgan fingerprint density at radius 2 is 1.61 bits per heavy atom. The molecule has 0 atom stereocenters. The summed E-state index contributed by atoms with van der Waals surface area (Å²) in [5, 5.41) is 32.3. The predicted octanol–water partition coefficient (Wildman–Crippen LogP) is 2.70. The third-order valence-corrected chi connectivity index (χ3v) is 6.70. The van der Waals surface area contributed by atoms with Crippen LogP contribution in [0.25, 0.3) is 0 Å². The monoisotopic (exact) mass is 469 g/mol. The van der Waals surface area contributed by atoms with Gasteiger partial charge < -0.3 is 15.3 Å². The Labute approximate surface area is 191 Å². The lowest BCUT2D eigenvalue weighted by Crippen LogP contribution is -2.26. The molecule has 0 radical (unpaired) electrons. The maximum absolute atomic E-state index is 12.7. The number of phenols is 3. The van der Waals surface area contributed by atoms with Gasteiger partial charge in [-0.05, 0) is 48.9 Å². The van der Waals surface area contributed by atoms with Gasteiger partial charge in [-0.1, -0.05) is 29.8 Å². The highest BCUT2D eigenvalue weighted by Crippen LogP contribution is 2.36. The van der Waals surface area contributed by atoms with Crippen molar-refractivity contribution in [3.63, 3.8) is 0 Å². The minimum Gasteiger partial charge on any atom is -0.504 e. The van der Waals surface area contributed by atoms with Crippen molar-refractivity contribution in [1.29, 1.82) is 0 Å². The van der Waals surface area contributed by atoms with E-state index >= 15 is 0 Å². The van der Waals surface area contributed by atoms with Crippen LogP contribution in [-0.2, 0) is 16.6 Å². The van der Waals surface area contributed by atoms with E-state index in [2.05, 4.69) is 10.5 Å². The second kappa shape index (κ2) is 9.72. The maximum atomic E-state index is 12.7. The lowest BCUT2D eigenvalue weighted by atomic mass is 10.1. The summed E-state index contributed by atoms with van der Waals surface area (Å²) in [7, 11) is -2.16. The number of aryl methyl sites for hydroxylation is 1. The Hall–Kier alpha value is -3.89.